The van der Waals surface area contributed by atoms with Crippen LogP contribution in [0.5, 0.6) is 0 Å². The molecule has 0 saturated heterocycles. The van der Waals surface area contributed by atoms with Crippen LogP contribution in [0, 0.1) is 0 Å². The molecule has 2 aromatic rings. The third kappa shape index (κ3) is 2.40. The summed E-state index contributed by atoms with van der Waals surface area (Å²) in [5.74, 6) is -0.465. The highest BCUT2D eigenvalue weighted by atomic mass is 32.2. The van der Waals surface area contributed by atoms with Crippen LogP contribution >= 0.6 is 11.8 Å². The van der Waals surface area contributed by atoms with Gasteiger partial charge in [0.15, 0.2) is 0 Å². The van der Waals surface area contributed by atoms with E-state index in [1.54, 1.807) is 23.9 Å². The van der Waals surface area contributed by atoms with Crippen molar-refractivity contribution in [2.24, 2.45) is 0 Å². The Morgan fingerprint density at radius 1 is 0.905 bits per heavy atom. The minimum atomic E-state index is -0.233. The lowest BCUT2D eigenvalue weighted by Gasteiger charge is -2.05. The number of amides is 2. The number of carbonyl (C=O) groups excluding carboxylic acids is 2. The van der Waals surface area contributed by atoms with Gasteiger partial charge in [0.2, 0.25) is 0 Å². The first kappa shape index (κ1) is 13.7. The number of imide groups is 1. The summed E-state index contributed by atoms with van der Waals surface area (Å²) in [6.07, 6.45) is 0. The maximum Gasteiger partial charge on any atom is 0.261 e. The third-order valence-electron chi connectivity index (χ3n) is 3.44. The van der Waals surface area contributed by atoms with Crippen LogP contribution in [-0.2, 0) is 0 Å². The second-order valence-corrected chi connectivity index (χ2v) is 5.90. The molecular formula is C16H14N2O2S. The number of rotatable bonds is 3. The Morgan fingerprint density at radius 3 is 2.19 bits per heavy atom. The van der Waals surface area contributed by atoms with Crippen LogP contribution in [0.25, 0.3) is 0 Å². The van der Waals surface area contributed by atoms with Gasteiger partial charge in [-0.2, -0.15) is 0 Å². The van der Waals surface area contributed by atoms with Crippen molar-refractivity contribution in [3.05, 3.63) is 53.6 Å². The van der Waals surface area contributed by atoms with Crippen molar-refractivity contribution in [3.63, 3.8) is 0 Å². The number of benzene rings is 2. The Labute approximate surface area is 127 Å². The van der Waals surface area contributed by atoms with Gasteiger partial charge in [-0.3, -0.25) is 14.5 Å². The first-order valence-corrected chi connectivity index (χ1v) is 7.34. The van der Waals surface area contributed by atoms with Crippen LogP contribution in [0.2, 0.25) is 0 Å². The van der Waals surface area contributed by atoms with Gasteiger partial charge < -0.3 is 5.32 Å². The van der Waals surface area contributed by atoms with Crippen LogP contribution in [0.3, 0.4) is 0 Å². The zero-order chi connectivity index (χ0) is 15.0. The minimum Gasteiger partial charge on any atom is -0.388 e. The van der Waals surface area contributed by atoms with Crippen LogP contribution in [0.15, 0.2) is 52.3 Å². The first-order chi connectivity index (χ1) is 10.1. The maximum atomic E-state index is 12.0. The smallest absolute Gasteiger partial charge is 0.261 e. The fourth-order valence-corrected chi connectivity index (χ4v) is 3.09. The van der Waals surface area contributed by atoms with E-state index in [2.05, 4.69) is 5.32 Å². The molecular weight excluding hydrogens is 284 g/mol. The van der Waals surface area contributed by atoms with Crippen LogP contribution in [0.1, 0.15) is 20.7 Å². The zero-order valence-corrected chi connectivity index (χ0v) is 12.5. The van der Waals surface area contributed by atoms with E-state index >= 15 is 0 Å². The molecule has 0 aliphatic carbocycles. The van der Waals surface area contributed by atoms with Crippen molar-refractivity contribution in [1.82, 2.24) is 4.90 Å². The molecule has 21 heavy (non-hydrogen) atoms. The Kier molecular flexibility index (Phi) is 3.43. The topological polar surface area (TPSA) is 49.4 Å². The SMILES string of the molecule is CNc1ccc(Sc2ccc3c(c2)C(=O)N(C)C3=O)cc1. The Balaban J connectivity index is 1.88. The van der Waals surface area contributed by atoms with Gasteiger partial charge in [-0.15, -0.1) is 0 Å². The number of nitrogens with zero attached hydrogens (tertiary/aromatic N) is 1. The third-order valence-corrected chi connectivity index (χ3v) is 4.44. The molecule has 0 atom stereocenters. The molecule has 2 aromatic carbocycles. The van der Waals surface area contributed by atoms with Crippen molar-refractivity contribution in [3.8, 4) is 0 Å². The van der Waals surface area contributed by atoms with Gasteiger partial charge >= 0.3 is 0 Å². The summed E-state index contributed by atoms with van der Waals surface area (Å²) in [7, 11) is 3.38. The van der Waals surface area contributed by atoms with Crippen LogP contribution in [-0.4, -0.2) is 30.8 Å². The van der Waals surface area contributed by atoms with Crippen molar-refractivity contribution in [2.45, 2.75) is 9.79 Å². The quantitative estimate of drug-likeness (QED) is 0.885. The van der Waals surface area contributed by atoms with E-state index in [1.807, 2.05) is 37.4 Å². The summed E-state index contributed by atoms with van der Waals surface area (Å²) in [6, 6.07) is 13.4. The molecule has 2 amide bonds. The molecule has 0 bridgehead atoms. The number of anilines is 1. The van der Waals surface area contributed by atoms with E-state index in [9.17, 15) is 9.59 Å². The highest BCUT2D eigenvalue weighted by Crippen LogP contribution is 2.32. The van der Waals surface area contributed by atoms with Crippen molar-refractivity contribution in [2.75, 3.05) is 19.4 Å². The standard InChI is InChI=1S/C16H14N2O2S/c1-17-10-3-5-11(6-4-10)21-12-7-8-13-14(9-12)16(20)18(2)15(13)19/h3-9,17H,1-2H3. The van der Waals surface area contributed by atoms with E-state index in [4.69, 9.17) is 0 Å². The summed E-state index contributed by atoms with van der Waals surface area (Å²) >= 11 is 1.57. The monoisotopic (exact) mass is 298 g/mol. The minimum absolute atomic E-state index is 0.232. The number of hydrogen-bond acceptors (Lipinski definition) is 4. The molecule has 3 rings (SSSR count). The maximum absolute atomic E-state index is 12.0. The van der Waals surface area contributed by atoms with E-state index in [-0.39, 0.29) is 11.8 Å². The van der Waals surface area contributed by atoms with Crippen molar-refractivity contribution in [1.29, 1.82) is 0 Å². The molecule has 0 saturated carbocycles. The fraction of sp³-hybridized carbons (Fsp3) is 0.125. The molecule has 106 valence electrons. The van der Waals surface area contributed by atoms with E-state index in [1.165, 1.54) is 7.05 Å². The van der Waals surface area contributed by atoms with Gasteiger partial charge in [-0.1, -0.05) is 11.8 Å². The van der Waals surface area contributed by atoms with E-state index in [0.717, 1.165) is 20.4 Å². The van der Waals surface area contributed by atoms with Gasteiger partial charge in [-0.05, 0) is 42.5 Å². The molecule has 5 heteroatoms. The van der Waals surface area contributed by atoms with Gasteiger partial charge in [0.1, 0.15) is 0 Å². The van der Waals surface area contributed by atoms with Gasteiger partial charge in [-0.25, -0.2) is 0 Å². The lowest BCUT2D eigenvalue weighted by Crippen LogP contribution is -2.24. The van der Waals surface area contributed by atoms with E-state index in [0.29, 0.717) is 11.1 Å². The largest absolute Gasteiger partial charge is 0.388 e. The van der Waals surface area contributed by atoms with E-state index < -0.39 is 0 Å². The first-order valence-electron chi connectivity index (χ1n) is 6.52. The van der Waals surface area contributed by atoms with Crippen molar-refractivity contribution < 1.29 is 9.59 Å². The number of hydrogen-bond donors (Lipinski definition) is 1. The number of fused-ring (bicyclic) bond motifs is 1. The Morgan fingerprint density at radius 2 is 1.52 bits per heavy atom. The van der Waals surface area contributed by atoms with Crippen molar-refractivity contribution >= 4 is 29.3 Å². The lowest BCUT2D eigenvalue weighted by molar-refractivity contribution is 0.0693. The van der Waals surface area contributed by atoms with Gasteiger partial charge in [0.25, 0.3) is 11.8 Å². The molecule has 1 heterocycles. The average Bonchev–Trinajstić information content (AvgIpc) is 2.73. The molecule has 1 N–H and O–H groups in total. The lowest BCUT2D eigenvalue weighted by atomic mass is 10.1. The fourth-order valence-electron chi connectivity index (χ4n) is 2.23. The number of carbonyl (C=O) groups is 2. The predicted octanol–water partition coefficient (Wildman–Crippen LogP) is 3.11. The van der Waals surface area contributed by atoms with Crippen LogP contribution in [0.4, 0.5) is 5.69 Å². The summed E-state index contributed by atoms with van der Waals surface area (Å²) in [5, 5.41) is 3.07. The van der Waals surface area contributed by atoms with Crippen LogP contribution < -0.4 is 5.32 Å². The molecule has 0 radical (unpaired) electrons. The van der Waals surface area contributed by atoms with Gasteiger partial charge in [0.05, 0.1) is 11.1 Å². The molecule has 0 spiro atoms. The normalized spacial score (nSPS) is 13.5. The molecule has 0 fully saturated rings. The summed E-state index contributed by atoms with van der Waals surface area (Å²) in [4.78, 5) is 27.0. The summed E-state index contributed by atoms with van der Waals surface area (Å²) < 4.78 is 0. The molecule has 0 unspecified atom stereocenters. The summed E-state index contributed by atoms with van der Waals surface area (Å²) in [6.45, 7) is 0. The highest BCUT2D eigenvalue weighted by molar-refractivity contribution is 7.99. The zero-order valence-electron chi connectivity index (χ0n) is 11.7. The predicted molar refractivity (Wildman–Crippen MR) is 83.0 cm³/mol. The van der Waals surface area contributed by atoms with Gasteiger partial charge in [0, 0.05) is 29.6 Å². The molecule has 1 aliphatic heterocycles. The molecule has 4 nitrogen and oxygen atoms in total. The number of nitrogens with one attached hydrogen (secondary N) is 1. The highest BCUT2D eigenvalue weighted by Gasteiger charge is 2.32. The summed E-state index contributed by atoms with van der Waals surface area (Å²) in [5.41, 5.74) is 2.02. The second kappa shape index (κ2) is 5.26. The molecule has 0 aromatic heterocycles. The Bertz CT molecular complexity index is 726. The average molecular weight is 298 g/mol. The second-order valence-electron chi connectivity index (χ2n) is 4.75. The molecule has 1 aliphatic rings. The Hall–Kier alpha value is -2.27.